The summed E-state index contributed by atoms with van der Waals surface area (Å²) in [5.74, 6) is 0.660. The maximum Gasteiger partial charge on any atom is 0.160 e. The molecule has 56 heavy (non-hydrogen) atoms. The predicted molar refractivity (Wildman–Crippen MR) is 235 cm³/mol. The van der Waals surface area contributed by atoms with Gasteiger partial charge in [-0.25, -0.2) is 9.97 Å². The van der Waals surface area contributed by atoms with Crippen LogP contribution in [0.3, 0.4) is 0 Å². The third kappa shape index (κ3) is 5.58. The van der Waals surface area contributed by atoms with Gasteiger partial charge in [0.1, 0.15) is 11.2 Å². The van der Waals surface area contributed by atoms with E-state index in [-0.39, 0.29) is 0 Å². The minimum atomic E-state index is 0.660. The fourth-order valence-electron chi connectivity index (χ4n) is 7.98. The van der Waals surface area contributed by atoms with Gasteiger partial charge in [0.25, 0.3) is 0 Å². The average molecular weight is 733 g/mol. The number of hydrogen-bond acceptors (Lipinski definition) is 4. The maximum atomic E-state index is 6.83. The van der Waals surface area contributed by atoms with E-state index in [2.05, 4.69) is 170 Å². The highest BCUT2D eigenvalue weighted by atomic mass is 32.1. The molecule has 0 aliphatic heterocycles. The Morgan fingerprint density at radius 2 is 0.929 bits per heavy atom. The fourth-order valence-corrected chi connectivity index (χ4v) is 9.07. The lowest BCUT2D eigenvalue weighted by Gasteiger charge is -2.14. The summed E-state index contributed by atoms with van der Waals surface area (Å²) in [5.41, 5.74) is 13.0. The normalized spacial score (nSPS) is 11.6. The van der Waals surface area contributed by atoms with Crippen molar-refractivity contribution in [2.75, 3.05) is 0 Å². The van der Waals surface area contributed by atoms with Gasteiger partial charge in [0, 0.05) is 47.6 Å². The van der Waals surface area contributed by atoms with Crippen molar-refractivity contribution in [1.29, 1.82) is 0 Å². The summed E-state index contributed by atoms with van der Waals surface area (Å²) in [4.78, 5) is 10.5. The second kappa shape index (κ2) is 13.3. The van der Waals surface area contributed by atoms with Crippen molar-refractivity contribution < 1.29 is 4.42 Å². The first kappa shape index (κ1) is 32.3. The first-order valence-electron chi connectivity index (χ1n) is 18.8. The first-order valence-corrected chi connectivity index (χ1v) is 19.6. The molecule has 0 spiro atoms. The van der Waals surface area contributed by atoms with E-state index in [1.165, 1.54) is 20.2 Å². The van der Waals surface area contributed by atoms with Gasteiger partial charge in [-0.05, 0) is 88.0 Å². The zero-order valence-corrected chi connectivity index (χ0v) is 31.0. The van der Waals surface area contributed by atoms with E-state index in [0.29, 0.717) is 5.82 Å². The molecule has 0 aliphatic carbocycles. The van der Waals surface area contributed by atoms with Crippen LogP contribution in [0, 0.1) is 0 Å². The zero-order chi connectivity index (χ0) is 37.0. The summed E-state index contributed by atoms with van der Waals surface area (Å²) >= 11 is 1.84. The number of fused-ring (bicyclic) bond motifs is 6. The third-order valence-corrected chi connectivity index (χ3v) is 11.8. The molecule has 3 heterocycles. The monoisotopic (exact) mass is 732 g/mol. The van der Waals surface area contributed by atoms with Crippen LogP contribution in [-0.2, 0) is 0 Å². The van der Waals surface area contributed by atoms with Gasteiger partial charge in [0.2, 0.25) is 0 Å². The molecule has 0 N–H and O–H groups in total. The zero-order valence-electron chi connectivity index (χ0n) is 30.2. The summed E-state index contributed by atoms with van der Waals surface area (Å²) in [6, 6.07) is 68.5. The molecule has 0 unspecified atom stereocenters. The second-order valence-electron chi connectivity index (χ2n) is 14.1. The van der Waals surface area contributed by atoms with Crippen molar-refractivity contribution in [3.8, 4) is 67.3 Å². The lowest BCUT2D eigenvalue weighted by atomic mass is 9.93. The largest absolute Gasteiger partial charge is 0.455 e. The maximum absolute atomic E-state index is 6.83. The van der Waals surface area contributed by atoms with Gasteiger partial charge in [0.05, 0.1) is 11.4 Å². The molecular weight excluding hydrogens is 701 g/mol. The Bertz CT molecular complexity index is 3180. The number of thiophene rings is 1. The van der Waals surface area contributed by atoms with E-state index < -0.39 is 0 Å². The molecule has 0 saturated carbocycles. The van der Waals surface area contributed by atoms with Gasteiger partial charge >= 0.3 is 0 Å². The lowest BCUT2D eigenvalue weighted by molar-refractivity contribution is 0.670. The molecule has 11 rings (SSSR count). The topological polar surface area (TPSA) is 38.9 Å². The van der Waals surface area contributed by atoms with Gasteiger partial charge in [0.15, 0.2) is 5.82 Å². The number of nitrogens with zero attached hydrogens (tertiary/aromatic N) is 2. The Morgan fingerprint density at radius 1 is 0.357 bits per heavy atom. The van der Waals surface area contributed by atoms with Crippen molar-refractivity contribution in [3.05, 3.63) is 194 Å². The molecule has 3 nitrogen and oxygen atoms in total. The quantitative estimate of drug-likeness (QED) is 0.171. The van der Waals surface area contributed by atoms with Crippen molar-refractivity contribution in [2.24, 2.45) is 0 Å². The van der Waals surface area contributed by atoms with E-state index >= 15 is 0 Å². The van der Waals surface area contributed by atoms with Crippen LogP contribution in [0.2, 0.25) is 0 Å². The molecule has 4 heteroatoms. The van der Waals surface area contributed by atoms with E-state index in [4.69, 9.17) is 14.4 Å². The highest BCUT2D eigenvalue weighted by Gasteiger charge is 2.21. The van der Waals surface area contributed by atoms with Crippen LogP contribution >= 0.6 is 11.3 Å². The molecule has 8 aromatic carbocycles. The number of furan rings is 1. The van der Waals surface area contributed by atoms with E-state index in [1.54, 1.807) is 0 Å². The van der Waals surface area contributed by atoms with Gasteiger partial charge in [-0.1, -0.05) is 140 Å². The number of hydrogen-bond donors (Lipinski definition) is 0. The number of aromatic nitrogens is 2. The number of benzene rings is 8. The molecule has 11 aromatic rings. The van der Waals surface area contributed by atoms with Gasteiger partial charge < -0.3 is 4.42 Å². The summed E-state index contributed by atoms with van der Waals surface area (Å²) in [7, 11) is 0. The highest BCUT2D eigenvalue weighted by Crippen LogP contribution is 2.44. The van der Waals surface area contributed by atoms with Gasteiger partial charge in [-0.3, -0.25) is 0 Å². The van der Waals surface area contributed by atoms with Crippen LogP contribution in [0.15, 0.2) is 199 Å². The molecule has 0 bridgehead atoms. The van der Waals surface area contributed by atoms with E-state index in [9.17, 15) is 0 Å². The second-order valence-corrected chi connectivity index (χ2v) is 15.2. The standard InChI is InChI=1S/C52H32N2OS/c1-4-14-33(15-5-1)37-28-38(34-16-6-2-7-17-34)30-39(29-37)45-32-46(54-52(53-45)35-18-8-3-9-19-35)42-26-25-40(50-43-21-10-12-22-47(43)55-51(42)50)36-24-27-49-44(31-36)41-20-11-13-23-48(41)56-49/h1-32H. The molecule has 262 valence electrons. The summed E-state index contributed by atoms with van der Waals surface area (Å²) < 4.78 is 9.41. The van der Waals surface area contributed by atoms with E-state index in [0.717, 1.165) is 83.4 Å². The molecule has 0 radical (unpaired) electrons. The Balaban J connectivity index is 1.15. The minimum absolute atomic E-state index is 0.660. The number of para-hydroxylation sites is 1. The average Bonchev–Trinajstić information content (AvgIpc) is 3.85. The van der Waals surface area contributed by atoms with Crippen molar-refractivity contribution in [3.63, 3.8) is 0 Å². The summed E-state index contributed by atoms with van der Waals surface area (Å²) in [6.45, 7) is 0. The van der Waals surface area contributed by atoms with Gasteiger partial charge in [-0.2, -0.15) is 0 Å². The van der Waals surface area contributed by atoms with Crippen molar-refractivity contribution in [1.82, 2.24) is 9.97 Å². The molecule has 0 atom stereocenters. The predicted octanol–water partition coefficient (Wildman–Crippen LogP) is 14.7. The molecular formula is C52H32N2OS. The first-order chi connectivity index (χ1) is 27.7. The Labute approximate surface area is 327 Å². The molecule has 0 saturated heterocycles. The van der Waals surface area contributed by atoms with Crippen LogP contribution in [0.4, 0.5) is 0 Å². The summed E-state index contributed by atoms with van der Waals surface area (Å²) in [5, 5.41) is 4.72. The van der Waals surface area contributed by atoms with Crippen molar-refractivity contribution >= 4 is 53.4 Å². The fraction of sp³-hybridized carbons (Fsp3) is 0. The van der Waals surface area contributed by atoms with E-state index in [1.807, 2.05) is 35.6 Å². The van der Waals surface area contributed by atoms with Crippen molar-refractivity contribution in [2.45, 2.75) is 0 Å². The van der Waals surface area contributed by atoms with Crippen LogP contribution in [0.25, 0.3) is 109 Å². The third-order valence-electron chi connectivity index (χ3n) is 10.7. The lowest BCUT2D eigenvalue weighted by Crippen LogP contribution is -1.97. The smallest absolute Gasteiger partial charge is 0.160 e. The van der Waals surface area contributed by atoms with Gasteiger partial charge in [-0.15, -0.1) is 11.3 Å². The molecule has 0 amide bonds. The van der Waals surface area contributed by atoms with Crippen LogP contribution in [0.5, 0.6) is 0 Å². The van der Waals surface area contributed by atoms with Crippen LogP contribution in [-0.4, -0.2) is 9.97 Å². The minimum Gasteiger partial charge on any atom is -0.455 e. The highest BCUT2D eigenvalue weighted by molar-refractivity contribution is 7.25. The summed E-state index contributed by atoms with van der Waals surface area (Å²) in [6.07, 6.45) is 0. The molecule has 3 aromatic heterocycles. The van der Waals surface area contributed by atoms with Crippen LogP contribution in [0.1, 0.15) is 0 Å². The Hall–Kier alpha value is -7.14. The molecule has 0 aliphatic rings. The SMILES string of the molecule is c1ccc(-c2cc(-c3ccccc3)cc(-c3cc(-c4ccc(-c5ccc6sc7ccccc7c6c5)c5c4oc4ccccc45)nc(-c4ccccc4)n3)c2)cc1. The Morgan fingerprint density at radius 3 is 1.66 bits per heavy atom. The Kier molecular flexibility index (Phi) is 7.68. The number of rotatable bonds is 6. The van der Waals surface area contributed by atoms with Crippen LogP contribution < -0.4 is 0 Å². The molecule has 0 fully saturated rings.